The van der Waals surface area contributed by atoms with Gasteiger partial charge in [0.15, 0.2) is 0 Å². The second kappa shape index (κ2) is 6.91. The van der Waals surface area contributed by atoms with E-state index in [9.17, 15) is 8.42 Å². The Labute approximate surface area is 135 Å². The molecule has 0 bridgehead atoms. The van der Waals surface area contributed by atoms with E-state index in [1.54, 1.807) is 24.9 Å². The Morgan fingerprint density at radius 1 is 1.41 bits per heavy atom. The van der Waals surface area contributed by atoms with Gasteiger partial charge in [0.2, 0.25) is 10.0 Å². The lowest BCUT2D eigenvalue weighted by Crippen LogP contribution is -2.35. The molecule has 0 spiro atoms. The topological polar surface area (TPSA) is 73.2 Å². The molecular weight excluding hydrogens is 322 g/mol. The van der Waals surface area contributed by atoms with E-state index >= 15 is 0 Å². The van der Waals surface area contributed by atoms with Crippen molar-refractivity contribution in [2.75, 3.05) is 13.7 Å². The lowest BCUT2D eigenvalue weighted by Gasteiger charge is -2.12. The van der Waals surface area contributed by atoms with Crippen LogP contribution in [0.1, 0.15) is 26.8 Å². The fourth-order valence-electron chi connectivity index (χ4n) is 2.03. The van der Waals surface area contributed by atoms with Crippen LogP contribution >= 0.6 is 11.3 Å². The molecule has 1 N–H and O–H groups in total. The van der Waals surface area contributed by atoms with E-state index < -0.39 is 10.0 Å². The molecule has 1 unspecified atom stereocenters. The standard InChI is InChI=1S/C14H21N3O3S2/c1-10(2)17-8-13(14(15-17)12-6-5-7-21-12)22(18,19)16-11(3)9-20-4/h5-8,10-11,16H,9H2,1-4H3. The van der Waals surface area contributed by atoms with Crippen molar-refractivity contribution in [1.29, 1.82) is 0 Å². The zero-order chi connectivity index (χ0) is 16.3. The molecule has 0 fully saturated rings. The normalized spacial score (nSPS) is 13.7. The van der Waals surface area contributed by atoms with Gasteiger partial charge in [-0.25, -0.2) is 13.1 Å². The second-order valence-electron chi connectivity index (χ2n) is 5.37. The number of thiophene rings is 1. The average Bonchev–Trinajstić information content (AvgIpc) is 3.07. The van der Waals surface area contributed by atoms with Crippen LogP contribution in [0, 0.1) is 0 Å². The number of ether oxygens (including phenoxy) is 1. The third-order valence-corrected chi connectivity index (χ3v) is 5.51. The summed E-state index contributed by atoms with van der Waals surface area (Å²) in [5.74, 6) is 0. The summed E-state index contributed by atoms with van der Waals surface area (Å²) in [4.78, 5) is 1.03. The van der Waals surface area contributed by atoms with Gasteiger partial charge in [-0.2, -0.15) is 5.10 Å². The second-order valence-corrected chi connectivity index (χ2v) is 8.00. The van der Waals surface area contributed by atoms with Crippen LogP contribution in [0.4, 0.5) is 0 Å². The van der Waals surface area contributed by atoms with Crippen LogP contribution in [0.15, 0.2) is 28.6 Å². The molecule has 22 heavy (non-hydrogen) atoms. The van der Waals surface area contributed by atoms with Crippen molar-refractivity contribution in [1.82, 2.24) is 14.5 Å². The number of hydrogen-bond acceptors (Lipinski definition) is 5. The predicted molar refractivity (Wildman–Crippen MR) is 87.6 cm³/mol. The van der Waals surface area contributed by atoms with Gasteiger partial charge in [0.1, 0.15) is 10.6 Å². The third-order valence-electron chi connectivity index (χ3n) is 3.04. The summed E-state index contributed by atoms with van der Waals surface area (Å²) < 4.78 is 34.6. The molecule has 1 atom stereocenters. The molecule has 0 aliphatic carbocycles. The van der Waals surface area contributed by atoms with Crippen molar-refractivity contribution in [3.8, 4) is 10.6 Å². The Morgan fingerprint density at radius 3 is 2.68 bits per heavy atom. The molecule has 8 heteroatoms. The SMILES string of the molecule is COCC(C)NS(=O)(=O)c1cn(C(C)C)nc1-c1cccs1. The minimum atomic E-state index is -3.66. The molecule has 2 heterocycles. The molecule has 2 rings (SSSR count). The highest BCUT2D eigenvalue weighted by atomic mass is 32.2. The van der Waals surface area contributed by atoms with E-state index in [1.807, 2.05) is 31.4 Å². The molecule has 0 amide bonds. The average molecular weight is 343 g/mol. The van der Waals surface area contributed by atoms with Gasteiger partial charge in [0, 0.05) is 25.4 Å². The van der Waals surface area contributed by atoms with Gasteiger partial charge in [0.25, 0.3) is 0 Å². The van der Waals surface area contributed by atoms with Crippen LogP contribution in [0.3, 0.4) is 0 Å². The quantitative estimate of drug-likeness (QED) is 0.838. The number of nitrogens with zero attached hydrogens (tertiary/aromatic N) is 2. The first-order valence-electron chi connectivity index (χ1n) is 6.99. The molecule has 2 aromatic heterocycles. The highest BCUT2D eigenvalue weighted by Gasteiger charge is 2.26. The Morgan fingerprint density at radius 2 is 2.14 bits per heavy atom. The predicted octanol–water partition coefficient (Wildman–Crippen LogP) is 2.51. The Bertz CT molecular complexity index is 706. The molecule has 6 nitrogen and oxygen atoms in total. The molecule has 0 aromatic carbocycles. The summed E-state index contributed by atoms with van der Waals surface area (Å²) in [7, 11) is -2.12. The van der Waals surface area contributed by atoms with Crippen molar-refractivity contribution in [2.45, 2.75) is 37.8 Å². The fourth-order valence-corrected chi connectivity index (χ4v) is 4.20. The molecule has 0 aliphatic rings. The van der Waals surface area contributed by atoms with E-state index in [4.69, 9.17) is 4.74 Å². The maximum absolute atomic E-state index is 12.7. The smallest absolute Gasteiger partial charge is 0.244 e. The number of nitrogens with one attached hydrogen (secondary N) is 1. The van der Waals surface area contributed by atoms with E-state index in [1.165, 1.54) is 11.3 Å². The molecule has 0 saturated heterocycles. The van der Waals surface area contributed by atoms with Crippen molar-refractivity contribution >= 4 is 21.4 Å². The number of hydrogen-bond donors (Lipinski definition) is 1. The Balaban J connectivity index is 2.45. The molecule has 0 aliphatic heterocycles. The zero-order valence-corrected chi connectivity index (χ0v) is 14.7. The zero-order valence-electron chi connectivity index (χ0n) is 13.1. The van der Waals surface area contributed by atoms with Gasteiger partial charge in [-0.1, -0.05) is 6.07 Å². The number of methoxy groups -OCH3 is 1. The summed E-state index contributed by atoms with van der Waals surface area (Å²) in [6.45, 7) is 6.00. The van der Waals surface area contributed by atoms with Gasteiger partial charge in [0.05, 0.1) is 11.5 Å². The summed E-state index contributed by atoms with van der Waals surface area (Å²) in [5, 5.41) is 6.35. The van der Waals surface area contributed by atoms with Gasteiger partial charge >= 0.3 is 0 Å². The van der Waals surface area contributed by atoms with E-state index in [0.29, 0.717) is 12.3 Å². The van der Waals surface area contributed by atoms with E-state index in [-0.39, 0.29) is 17.0 Å². The largest absolute Gasteiger partial charge is 0.383 e. The van der Waals surface area contributed by atoms with Gasteiger partial charge in [-0.3, -0.25) is 4.68 Å². The molecule has 0 radical (unpaired) electrons. The van der Waals surface area contributed by atoms with Crippen molar-refractivity contribution in [2.24, 2.45) is 0 Å². The number of sulfonamides is 1. The van der Waals surface area contributed by atoms with Gasteiger partial charge in [-0.05, 0) is 32.2 Å². The monoisotopic (exact) mass is 343 g/mol. The summed E-state index contributed by atoms with van der Waals surface area (Å²) in [5.41, 5.74) is 0.487. The fraction of sp³-hybridized carbons (Fsp3) is 0.500. The lowest BCUT2D eigenvalue weighted by atomic mass is 10.3. The van der Waals surface area contributed by atoms with Crippen LogP contribution in [-0.2, 0) is 14.8 Å². The minimum absolute atomic E-state index is 0.0825. The van der Waals surface area contributed by atoms with Gasteiger partial charge in [-0.15, -0.1) is 11.3 Å². The highest BCUT2D eigenvalue weighted by Crippen LogP contribution is 2.30. The summed E-state index contributed by atoms with van der Waals surface area (Å²) >= 11 is 1.47. The van der Waals surface area contributed by atoms with Crippen LogP contribution < -0.4 is 4.72 Å². The van der Waals surface area contributed by atoms with Crippen LogP contribution in [-0.4, -0.2) is 38.0 Å². The first-order chi connectivity index (χ1) is 10.3. The number of rotatable bonds is 7. The van der Waals surface area contributed by atoms with E-state index in [0.717, 1.165) is 4.88 Å². The van der Waals surface area contributed by atoms with Gasteiger partial charge < -0.3 is 4.74 Å². The molecule has 2 aromatic rings. The summed E-state index contributed by atoms with van der Waals surface area (Å²) in [6.07, 6.45) is 1.58. The van der Waals surface area contributed by atoms with Crippen molar-refractivity contribution < 1.29 is 13.2 Å². The summed E-state index contributed by atoms with van der Waals surface area (Å²) in [6, 6.07) is 3.52. The lowest BCUT2D eigenvalue weighted by molar-refractivity contribution is 0.180. The molecular formula is C14H21N3O3S2. The molecule has 122 valence electrons. The molecule has 0 saturated carbocycles. The number of aromatic nitrogens is 2. The van der Waals surface area contributed by atoms with Crippen LogP contribution in [0.2, 0.25) is 0 Å². The Kier molecular flexibility index (Phi) is 5.38. The van der Waals surface area contributed by atoms with Crippen molar-refractivity contribution in [3.05, 3.63) is 23.7 Å². The maximum atomic E-state index is 12.7. The van der Waals surface area contributed by atoms with E-state index in [2.05, 4.69) is 9.82 Å². The minimum Gasteiger partial charge on any atom is -0.383 e. The first kappa shape index (κ1) is 17.1. The maximum Gasteiger partial charge on any atom is 0.244 e. The van der Waals surface area contributed by atoms with Crippen LogP contribution in [0.5, 0.6) is 0 Å². The van der Waals surface area contributed by atoms with Crippen LogP contribution in [0.25, 0.3) is 10.6 Å². The van der Waals surface area contributed by atoms with Crippen molar-refractivity contribution in [3.63, 3.8) is 0 Å². The first-order valence-corrected chi connectivity index (χ1v) is 9.35. The third kappa shape index (κ3) is 3.75. The highest BCUT2D eigenvalue weighted by molar-refractivity contribution is 7.89. The Hall–Kier alpha value is -1.22.